The van der Waals surface area contributed by atoms with E-state index in [0.717, 1.165) is 16.7 Å². The smallest absolute Gasteiger partial charge is 0.293 e. The molecule has 2 aromatic carbocycles. The van der Waals surface area contributed by atoms with Gasteiger partial charge in [-0.2, -0.15) is 0 Å². The monoisotopic (exact) mass is 400 g/mol. The zero-order valence-corrected chi connectivity index (χ0v) is 15.9. The number of methoxy groups -OCH3 is 2. The molecule has 0 unspecified atom stereocenters. The first kappa shape index (κ1) is 19.4. The van der Waals surface area contributed by atoms with Gasteiger partial charge in [-0.25, -0.2) is 0 Å². The van der Waals surface area contributed by atoms with Crippen molar-refractivity contribution in [2.75, 3.05) is 14.2 Å². The Bertz CT molecular complexity index is 971. The predicted molar refractivity (Wildman–Crippen MR) is 104 cm³/mol. The zero-order chi connectivity index (χ0) is 20.3. The van der Waals surface area contributed by atoms with Crippen LogP contribution in [0.2, 0.25) is 0 Å². The molecule has 0 spiro atoms. The zero-order valence-electron chi connectivity index (χ0n) is 15.1. The summed E-state index contributed by atoms with van der Waals surface area (Å²) in [6.45, 7) is 0.0476. The Hall–Kier alpha value is -3.33. The van der Waals surface area contributed by atoms with Crippen LogP contribution in [0.25, 0.3) is 6.08 Å². The summed E-state index contributed by atoms with van der Waals surface area (Å²) >= 11 is 0.846. The molecule has 2 amide bonds. The van der Waals surface area contributed by atoms with Crippen LogP contribution in [0.15, 0.2) is 47.4 Å². The van der Waals surface area contributed by atoms with Gasteiger partial charge in [0, 0.05) is 12.1 Å². The summed E-state index contributed by atoms with van der Waals surface area (Å²) in [5.41, 5.74) is 1.27. The second kappa shape index (κ2) is 8.13. The van der Waals surface area contributed by atoms with Crippen LogP contribution in [-0.4, -0.2) is 35.2 Å². The molecule has 1 aliphatic rings. The Morgan fingerprint density at radius 2 is 1.75 bits per heavy atom. The molecule has 1 fully saturated rings. The number of carbonyl (C=O) groups is 2. The molecule has 0 radical (unpaired) electrons. The number of hydrogen-bond donors (Lipinski definition) is 0. The van der Waals surface area contributed by atoms with Crippen LogP contribution in [0.1, 0.15) is 11.1 Å². The summed E-state index contributed by atoms with van der Waals surface area (Å²) in [4.78, 5) is 36.5. The first-order valence-corrected chi connectivity index (χ1v) is 8.95. The molecule has 1 heterocycles. The van der Waals surface area contributed by atoms with Gasteiger partial charge in [-0.1, -0.05) is 18.2 Å². The van der Waals surface area contributed by atoms with Gasteiger partial charge in [0.05, 0.1) is 30.6 Å². The number of amides is 2. The normalized spacial score (nSPS) is 15.2. The lowest BCUT2D eigenvalue weighted by molar-refractivity contribution is -0.384. The number of nitro benzene ring substituents is 1. The van der Waals surface area contributed by atoms with E-state index in [9.17, 15) is 19.7 Å². The third kappa shape index (κ3) is 3.99. The number of imide groups is 1. The van der Waals surface area contributed by atoms with Crippen molar-refractivity contribution in [3.63, 3.8) is 0 Å². The van der Waals surface area contributed by atoms with Gasteiger partial charge in [0.15, 0.2) is 11.5 Å². The fourth-order valence-corrected chi connectivity index (χ4v) is 3.47. The van der Waals surface area contributed by atoms with Gasteiger partial charge in [-0.05, 0) is 41.1 Å². The van der Waals surface area contributed by atoms with Crippen LogP contribution in [0.4, 0.5) is 10.5 Å². The van der Waals surface area contributed by atoms with E-state index in [1.807, 2.05) is 0 Å². The number of ether oxygens (including phenoxy) is 2. The Kier molecular flexibility index (Phi) is 5.65. The van der Waals surface area contributed by atoms with Gasteiger partial charge < -0.3 is 9.47 Å². The average Bonchev–Trinajstić information content (AvgIpc) is 2.95. The van der Waals surface area contributed by atoms with E-state index in [1.165, 1.54) is 38.5 Å². The second-order valence-corrected chi connectivity index (χ2v) is 6.80. The van der Waals surface area contributed by atoms with E-state index in [2.05, 4.69) is 0 Å². The molecule has 9 heteroatoms. The van der Waals surface area contributed by atoms with Crippen LogP contribution in [0, 0.1) is 10.1 Å². The van der Waals surface area contributed by atoms with Crippen LogP contribution in [0.3, 0.4) is 0 Å². The summed E-state index contributed by atoms with van der Waals surface area (Å²) in [7, 11) is 3.04. The number of nitro groups is 1. The maximum absolute atomic E-state index is 12.6. The molecule has 8 nitrogen and oxygen atoms in total. The number of benzene rings is 2. The van der Waals surface area contributed by atoms with Gasteiger partial charge in [0.1, 0.15) is 0 Å². The largest absolute Gasteiger partial charge is 0.493 e. The highest BCUT2D eigenvalue weighted by Crippen LogP contribution is 2.35. The van der Waals surface area contributed by atoms with E-state index < -0.39 is 16.1 Å². The molecule has 0 aliphatic carbocycles. The topological polar surface area (TPSA) is 99.0 Å². The van der Waals surface area contributed by atoms with E-state index in [1.54, 1.807) is 24.3 Å². The first-order valence-electron chi connectivity index (χ1n) is 8.13. The molecule has 1 aliphatic heterocycles. The van der Waals surface area contributed by atoms with Crippen molar-refractivity contribution in [3.8, 4) is 11.5 Å². The lowest BCUT2D eigenvalue weighted by Gasteiger charge is -2.12. The highest BCUT2D eigenvalue weighted by atomic mass is 32.2. The Balaban J connectivity index is 1.79. The number of non-ortho nitro benzene ring substituents is 1. The summed E-state index contributed by atoms with van der Waals surface area (Å²) in [6.07, 6.45) is 1.61. The van der Waals surface area contributed by atoms with E-state index in [-0.39, 0.29) is 12.2 Å². The minimum absolute atomic E-state index is 0.0476. The van der Waals surface area contributed by atoms with Crippen molar-refractivity contribution in [2.45, 2.75) is 6.54 Å². The summed E-state index contributed by atoms with van der Waals surface area (Å²) < 4.78 is 10.4. The van der Waals surface area contributed by atoms with Gasteiger partial charge >= 0.3 is 0 Å². The highest BCUT2D eigenvalue weighted by molar-refractivity contribution is 8.18. The number of nitrogens with zero attached hydrogens (tertiary/aromatic N) is 2. The molecule has 28 heavy (non-hydrogen) atoms. The summed E-state index contributed by atoms with van der Waals surface area (Å²) in [6, 6.07) is 10.9. The highest BCUT2D eigenvalue weighted by Gasteiger charge is 2.35. The van der Waals surface area contributed by atoms with Gasteiger partial charge in [-0.15, -0.1) is 0 Å². The number of carbonyl (C=O) groups excluding carboxylic acids is 2. The predicted octanol–water partition coefficient (Wildman–Crippen LogP) is 3.85. The third-order valence-corrected chi connectivity index (χ3v) is 4.97. The Morgan fingerprint density at radius 3 is 2.36 bits per heavy atom. The molecule has 0 atom stereocenters. The minimum atomic E-state index is -0.504. The van der Waals surface area contributed by atoms with E-state index in [0.29, 0.717) is 27.5 Å². The molecule has 0 N–H and O–H groups in total. The molecule has 2 aromatic rings. The summed E-state index contributed by atoms with van der Waals surface area (Å²) in [5, 5.41) is 10.3. The van der Waals surface area contributed by atoms with Crippen LogP contribution in [0.5, 0.6) is 11.5 Å². The van der Waals surface area contributed by atoms with Gasteiger partial charge in [-0.3, -0.25) is 24.6 Å². The van der Waals surface area contributed by atoms with Crippen molar-refractivity contribution >= 4 is 34.7 Å². The van der Waals surface area contributed by atoms with Crippen molar-refractivity contribution in [3.05, 3.63) is 68.6 Å². The molecule has 1 saturated heterocycles. The second-order valence-electron chi connectivity index (χ2n) is 5.81. The van der Waals surface area contributed by atoms with Crippen LogP contribution in [-0.2, 0) is 11.3 Å². The fourth-order valence-electron chi connectivity index (χ4n) is 2.64. The maximum Gasteiger partial charge on any atom is 0.293 e. The molecule has 0 bridgehead atoms. The molecular weight excluding hydrogens is 384 g/mol. The van der Waals surface area contributed by atoms with Crippen molar-refractivity contribution < 1.29 is 24.0 Å². The van der Waals surface area contributed by atoms with Gasteiger partial charge in [0.2, 0.25) is 0 Å². The van der Waals surface area contributed by atoms with Crippen molar-refractivity contribution in [2.24, 2.45) is 0 Å². The van der Waals surface area contributed by atoms with Crippen LogP contribution < -0.4 is 9.47 Å². The molecular formula is C19H16N2O6S. The standard InChI is InChI=1S/C19H16N2O6S/c1-26-15-8-5-13(9-16(15)27-2)10-17-18(22)20(19(23)28-17)11-12-3-6-14(7-4-12)21(24)25/h3-10H,11H2,1-2H3. The maximum atomic E-state index is 12.6. The minimum Gasteiger partial charge on any atom is -0.493 e. The quantitative estimate of drug-likeness (QED) is 0.412. The first-order chi connectivity index (χ1) is 13.4. The Labute approximate surface area is 164 Å². The van der Waals surface area contributed by atoms with E-state index >= 15 is 0 Å². The number of rotatable bonds is 6. The number of thioether (sulfide) groups is 1. The average molecular weight is 400 g/mol. The molecule has 144 valence electrons. The molecule has 0 aromatic heterocycles. The van der Waals surface area contributed by atoms with Gasteiger partial charge in [0.25, 0.3) is 16.8 Å². The molecule has 0 saturated carbocycles. The number of hydrogen-bond acceptors (Lipinski definition) is 7. The lowest BCUT2D eigenvalue weighted by atomic mass is 10.1. The molecule has 3 rings (SSSR count). The van der Waals surface area contributed by atoms with Crippen LogP contribution >= 0.6 is 11.8 Å². The van der Waals surface area contributed by atoms with Crippen molar-refractivity contribution in [1.29, 1.82) is 0 Å². The lowest BCUT2D eigenvalue weighted by Crippen LogP contribution is -2.27. The summed E-state index contributed by atoms with van der Waals surface area (Å²) in [5.74, 6) is 0.662. The Morgan fingerprint density at radius 1 is 1.07 bits per heavy atom. The third-order valence-electron chi connectivity index (χ3n) is 4.07. The van der Waals surface area contributed by atoms with E-state index in [4.69, 9.17) is 9.47 Å². The fraction of sp³-hybridized carbons (Fsp3) is 0.158. The SMILES string of the molecule is COc1ccc(C=C2SC(=O)N(Cc3ccc([N+](=O)[O-])cc3)C2=O)cc1OC. The van der Waals surface area contributed by atoms with Crippen molar-refractivity contribution in [1.82, 2.24) is 4.90 Å².